The molecule has 10 heteroatoms. The van der Waals surface area contributed by atoms with Gasteiger partial charge in [0.05, 0.1) is 16.3 Å². The molecule has 7 rings (SSSR count). The molecule has 3 aromatic carbocycles. The van der Waals surface area contributed by atoms with Crippen LogP contribution in [0.3, 0.4) is 0 Å². The molecule has 0 spiro atoms. The van der Waals surface area contributed by atoms with E-state index in [0.717, 1.165) is 23.5 Å². The normalized spacial score (nSPS) is 27.5. The first kappa shape index (κ1) is 29.0. The van der Waals surface area contributed by atoms with Gasteiger partial charge >= 0.3 is 27.4 Å². The average Bonchev–Trinajstić information content (AvgIpc) is 2.96. The topological polar surface area (TPSA) is 89.9 Å². The van der Waals surface area contributed by atoms with Gasteiger partial charge in [-0.1, -0.05) is 36.4 Å². The van der Waals surface area contributed by atoms with Crippen molar-refractivity contribution in [1.82, 2.24) is 0 Å². The third-order valence-electron chi connectivity index (χ3n) is 8.88. The Bertz CT molecular complexity index is 1480. The van der Waals surface area contributed by atoms with Gasteiger partial charge < -0.3 is 9.47 Å². The number of alkyl halides is 2. The smallest absolute Gasteiger partial charge is 0.448 e. The fourth-order valence-electron chi connectivity index (χ4n) is 7.24. The number of hydrogen-bond donors (Lipinski definition) is 1. The zero-order valence-corrected chi connectivity index (χ0v) is 24.4. The van der Waals surface area contributed by atoms with Crippen molar-refractivity contribution >= 4 is 27.0 Å². The molecular weight excluding hydrogens is 582 g/mol. The van der Waals surface area contributed by atoms with Crippen LogP contribution in [0.1, 0.15) is 32.1 Å². The molecule has 0 aliphatic heterocycles. The van der Waals surface area contributed by atoms with E-state index in [1.807, 2.05) is 48.5 Å². The van der Waals surface area contributed by atoms with Gasteiger partial charge in [-0.15, -0.1) is 0 Å². The van der Waals surface area contributed by atoms with Crippen molar-refractivity contribution < 1.29 is 36.0 Å². The molecule has 3 atom stereocenters. The number of halogens is 2. The highest BCUT2D eigenvalue weighted by atomic mass is 32.2. The highest BCUT2D eigenvalue weighted by Crippen LogP contribution is 2.61. The summed E-state index contributed by atoms with van der Waals surface area (Å²) in [7, 11) is -6.06. The molecule has 4 fully saturated rings. The molecule has 0 amide bonds. The SMILES string of the molecule is [CH2+]C(OC(=O)C12CC3CC(C1)C(Oc1ccc([S+](c4ccccc4)c4ccccc4)cc1)C(C3)C2)C(F)(F)S(=O)(=O)O. The molecule has 0 aromatic heterocycles. The second kappa shape index (κ2) is 10.9. The summed E-state index contributed by atoms with van der Waals surface area (Å²) in [5, 5.41) is -4.69. The Labute approximate surface area is 247 Å². The first-order valence-corrected chi connectivity index (χ1v) is 16.6. The predicted molar refractivity (Wildman–Crippen MR) is 154 cm³/mol. The van der Waals surface area contributed by atoms with Gasteiger partial charge in [-0.25, -0.2) is 0 Å². The standard InChI is InChI=1S/C32H31F2O6S2/c1-21(32(33,34)42(36,37)38)39-30(35)31-18-22-16-23(19-31)29(24(17-22)20-31)40-25-12-14-28(15-13-25)41(26-8-4-2-5-9-26)27-10-6-3-7-11-27/h2-15,21-24,29H,1,16-20H2/q+1/p+1. The van der Waals surface area contributed by atoms with Crippen LogP contribution < -0.4 is 4.74 Å². The Balaban J connectivity index is 1.17. The Kier molecular flexibility index (Phi) is 7.52. The summed E-state index contributed by atoms with van der Waals surface area (Å²) >= 11 is 0. The molecule has 4 aliphatic carbocycles. The van der Waals surface area contributed by atoms with Crippen molar-refractivity contribution in [1.29, 1.82) is 0 Å². The van der Waals surface area contributed by atoms with E-state index in [9.17, 15) is 22.0 Å². The minimum absolute atomic E-state index is 0.0390. The van der Waals surface area contributed by atoms with Gasteiger partial charge in [0, 0.05) is 0 Å². The van der Waals surface area contributed by atoms with Crippen molar-refractivity contribution in [2.75, 3.05) is 0 Å². The zero-order chi connectivity index (χ0) is 29.7. The third-order valence-corrected chi connectivity index (χ3v) is 12.1. The summed E-state index contributed by atoms with van der Waals surface area (Å²) in [4.78, 5) is 16.8. The average molecular weight is 615 g/mol. The number of hydrogen-bond acceptors (Lipinski definition) is 5. The molecule has 3 aromatic rings. The number of carbonyl (C=O) groups excluding carboxylic acids is 1. The molecule has 6 nitrogen and oxygen atoms in total. The quantitative estimate of drug-likeness (QED) is 0.127. The third kappa shape index (κ3) is 5.29. The van der Waals surface area contributed by atoms with Crippen molar-refractivity contribution in [2.45, 2.75) is 64.3 Å². The van der Waals surface area contributed by atoms with Gasteiger partial charge in [0.25, 0.3) is 0 Å². The highest BCUT2D eigenvalue weighted by molar-refractivity contribution is 7.97. The van der Waals surface area contributed by atoms with E-state index in [0.29, 0.717) is 19.3 Å². The monoisotopic (exact) mass is 614 g/mol. The fraction of sp³-hybridized carbons (Fsp3) is 0.375. The van der Waals surface area contributed by atoms with Crippen molar-refractivity contribution in [3.05, 3.63) is 91.9 Å². The lowest BCUT2D eigenvalue weighted by molar-refractivity contribution is -0.192. The second-order valence-corrected chi connectivity index (χ2v) is 15.2. The first-order chi connectivity index (χ1) is 20.0. The summed E-state index contributed by atoms with van der Waals surface area (Å²) in [5.41, 5.74) is -0.981. The summed E-state index contributed by atoms with van der Waals surface area (Å²) in [5.74, 6) is 0.181. The minimum Gasteiger partial charge on any atom is -0.490 e. The van der Waals surface area contributed by atoms with Crippen LogP contribution >= 0.6 is 0 Å². The van der Waals surface area contributed by atoms with Crippen molar-refractivity contribution in [3.63, 3.8) is 0 Å². The van der Waals surface area contributed by atoms with Crippen LogP contribution in [0.5, 0.6) is 5.75 Å². The van der Waals surface area contributed by atoms with Gasteiger partial charge in [-0.05, 0) is 98.4 Å². The lowest BCUT2D eigenvalue weighted by atomic mass is 9.48. The molecule has 4 aliphatic rings. The number of ether oxygens (including phenoxy) is 2. The summed E-state index contributed by atoms with van der Waals surface area (Å²) in [6.45, 7) is 3.02. The number of benzene rings is 3. The van der Waals surface area contributed by atoms with Crippen LogP contribution in [0.15, 0.2) is 99.6 Å². The van der Waals surface area contributed by atoms with Crippen LogP contribution in [0.2, 0.25) is 0 Å². The maximum Gasteiger partial charge on any atom is 0.448 e. The Hall–Kier alpha value is -3.08. The summed E-state index contributed by atoms with van der Waals surface area (Å²) in [6, 6.07) is 28.9. The molecule has 4 bridgehead atoms. The fourth-order valence-corrected chi connectivity index (χ4v) is 9.71. The molecule has 42 heavy (non-hydrogen) atoms. The largest absolute Gasteiger partial charge is 0.490 e. The molecule has 0 heterocycles. The number of carbonyl (C=O) groups is 1. The van der Waals surface area contributed by atoms with E-state index in [2.05, 4.69) is 43.3 Å². The molecule has 4 saturated carbocycles. The van der Waals surface area contributed by atoms with Crippen LogP contribution in [-0.2, 0) is 30.5 Å². The predicted octanol–water partition coefficient (Wildman–Crippen LogP) is 6.58. The van der Waals surface area contributed by atoms with Gasteiger partial charge in [-0.2, -0.15) is 17.2 Å². The van der Waals surface area contributed by atoms with E-state index >= 15 is 0 Å². The zero-order valence-electron chi connectivity index (χ0n) is 22.8. The van der Waals surface area contributed by atoms with Gasteiger partial charge in [0.2, 0.25) is 0 Å². The Morgan fingerprint density at radius 2 is 1.38 bits per heavy atom. The molecule has 1 N–H and O–H groups in total. The van der Waals surface area contributed by atoms with E-state index in [1.54, 1.807) is 0 Å². The van der Waals surface area contributed by atoms with Crippen molar-refractivity contribution in [3.8, 4) is 5.75 Å². The Morgan fingerprint density at radius 3 is 1.88 bits per heavy atom. The number of esters is 1. The summed E-state index contributed by atoms with van der Waals surface area (Å²) < 4.78 is 70.6. The van der Waals surface area contributed by atoms with Crippen LogP contribution in [0, 0.1) is 30.1 Å². The van der Waals surface area contributed by atoms with E-state index in [-0.39, 0.29) is 34.8 Å². The molecule has 0 saturated heterocycles. The second-order valence-electron chi connectivity index (χ2n) is 11.7. The van der Waals surface area contributed by atoms with E-state index in [1.165, 1.54) is 9.79 Å². The van der Waals surface area contributed by atoms with Crippen LogP contribution in [0.25, 0.3) is 0 Å². The van der Waals surface area contributed by atoms with Crippen LogP contribution in [0.4, 0.5) is 8.78 Å². The first-order valence-electron chi connectivity index (χ1n) is 14.0. The van der Waals surface area contributed by atoms with Crippen molar-refractivity contribution in [2.24, 2.45) is 23.2 Å². The lowest BCUT2D eigenvalue weighted by Crippen LogP contribution is -2.58. The van der Waals surface area contributed by atoms with E-state index < -0.39 is 32.9 Å². The van der Waals surface area contributed by atoms with Gasteiger partial charge in [0.15, 0.2) is 14.7 Å². The minimum atomic E-state index is -5.78. The highest BCUT2D eigenvalue weighted by Gasteiger charge is 2.63. The lowest BCUT2D eigenvalue weighted by Gasteiger charge is -2.58. The maximum atomic E-state index is 14.0. The molecule has 3 unspecified atom stereocenters. The Morgan fingerprint density at radius 1 is 0.881 bits per heavy atom. The molecular formula is C32H32F2O6S2+2. The van der Waals surface area contributed by atoms with E-state index in [4.69, 9.17) is 14.0 Å². The molecule has 220 valence electrons. The maximum absolute atomic E-state index is 14.0. The van der Waals surface area contributed by atoms with Gasteiger partial charge in [0.1, 0.15) is 18.8 Å². The number of rotatable bonds is 9. The van der Waals surface area contributed by atoms with Crippen LogP contribution in [-0.4, -0.2) is 36.4 Å². The molecule has 0 radical (unpaired) electrons. The summed E-state index contributed by atoms with van der Waals surface area (Å²) in [6.07, 6.45) is 0.406. The van der Waals surface area contributed by atoms with Gasteiger partial charge in [-0.3, -0.25) is 9.35 Å².